The third kappa shape index (κ3) is 2.73. The van der Waals surface area contributed by atoms with Gasteiger partial charge in [-0.05, 0) is 47.9 Å². The van der Waals surface area contributed by atoms with E-state index < -0.39 is 4.20 Å². The number of carbonyl (C=O) groups is 2. The van der Waals surface area contributed by atoms with Gasteiger partial charge in [0.15, 0.2) is 9.99 Å². The maximum Gasteiger partial charge on any atom is 0.234 e. The molecule has 1 saturated heterocycles. The molecule has 1 amide bonds. The molecule has 0 saturated carbocycles. The Morgan fingerprint density at radius 1 is 1.38 bits per heavy atom. The van der Waals surface area contributed by atoms with Gasteiger partial charge < -0.3 is 5.73 Å². The maximum atomic E-state index is 11.5. The van der Waals surface area contributed by atoms with Crippen molar-refractivity contribution in [1.29, 1.82) is 0 Å². The van der Waals surface area contributed by atoms with Crippen molar-refractivity contribution in [3.05, 3.63) is 0 Å². The number of rotatable bonds is 6. The molecule has 16 heavy (non-hydrogen) atoms. The molecule has 1 rings (SSSR count). The molecule has 2 N–H and O–H groups in total. The number of nitrogens with two attached hydrogens (primary N) is 1. The zero-order chi connectivity index (χ0) is 12.5. The van der Waals surface area contributed by atoms with E-state index in [4.69, 9.17) is 5.73 Å². The van der Waals surface area contributed by atoms with E-state index in [-0.39, 0.29) is 17.7 Å². The number of likely N-dealkylation sites (N-methyl/N-ethyl adjacent to an activating group) is 1. The van der Waals surface area contributed by atoms with Crippen molar-refractivity contribution in [2.24, 2.45) is 11.7 Å². The molecular formula is C10H18N2O2S2. The molecule has 0 radical (unpaired) electrons. The Balaban J connectivity index is 2.79. The van der Waals surface area contributed by atoms with E-state index >= 15 is 0 Å². The van der Waals surface area contributed by atoms with Crippen molar-refractivity contribution in [1.82, 2.24) is 4.90 Å². The van der Waals surface area contributed by atoms with E-state index in [1.807, 2.05) is 18.7 Å². The van der Waals surface area contributed by atoms with Crippen LogP contribution < -0.4 is 5.73 Å². The molecule has 1 aliphatic rings. The summed E-state index contributed by atoms with van der Waals surface area (Å²) in [6.07, 6.45) is 0.683. The molecule has 6 heteroatoms. The highest BCUT2D eigenvalue weighted by Gasteiger charge is 2.57. The minimum atomic E-state index is -0.575. The summed E-state index contributed by atoms with van der Waals surface area (Å²) in [5.41, 5.74) is 5.40. The fourth-order valence-electron chi connectivity index (χ4n) is 1.64. The molecule has 1 atom stereocenters. The Labute approximate surface area is 104 Å². The van der Waals surface area contributed by atoms with Crippen LogP contribution in [0.25, 0.3) is 0 Å². The summed E-state index contributed by atoms with van der Waals surface area (Å²) in [5, 5.41) is 0. The molecule has 0 aromatic rings. The van der Waals surface area contributed by atoms with Gasteiger partial charge >= 0.3 is 0 Å². The first-order valence-electron chi connectivity index (χ1n) is 5.21. The lowest BCUT2D eigenvalue weighted by Crippen LogP contribution is -2.51. The molecule has 1 heterocycles. The lowest BCUT2D eigenvalue weighted by atomic mass is 10.0. The second-order valence-corrected chi connectivity index (χ2v) is 7.24. The van der Waals surface area contributed by atoms with Crippen LogP contribution in [0, 0.1) is 5.92 Å². The fraction of sp³-hybridized carbons (Fsp3) is 0.800. The number of hydrogen-bond donors (Lipinski definition) is 1. The molecule has 0 spiro atoms. The van der Waals surface area contributed by atoms with Crippen LogP contribution in [-0.2, 0) is 9.59 Å². The second-order valence-electron chi connectivity index (χ2n) is 4.46. The minimum Gasteiger partial charge on any atom is -0.368 e. The highest BCUT2D eigenvalue weighted by atomic mass is 33.2. The molecule has 4 nitrogen and oxygen atoms in total. The standard InChI is InChI=1S/C10H18N2O2S2/c1-6(2)5-8(9(11)14)12(4)10(7(3)13)15-16-10/h6,8H,5H2,1-4H3,(H2,11,14)/t8-/m0/s1. The highest BCUT2D eigenvalue weighted by Crippen LogP contribution is 2.67. The molecule has 0 aliphatic carbocycles. The predicted octanol–water partition coefficient (Wildman–Crippen LogP) is 1.46. The summed E-state index contributed by atoms with van der Waals surface area (Å²) >= 11 is 0. The van der Waals surface area contributed by atoms with E-state index in [9.17, 15) is 9.59 Å². The zero-order valence-electron chi connectivity index (χ0n) is 10.0. The molecular weight excluding hydrogens is 244 g/mol. The smallest absolute Gasteiger partial charge is 0.234 e. The van der Waals surface area contributed by atoms with Crippen LogP contribution in [-0.4, -0.2) is 33.9 Å². The van der Waals surface area contributed by atoms with Gasteiger partial charge in [-0.1, -0.05) is 13.8 Å². The third-order valence-electron chi connectivity index (χ3n) is 2.64. The Kier molecular flexibility index (Phi) is 4.31. The Morgan fingerprint density at radius 3 is 2.12 bits per heavy atom. The van der Waals surface area contributed by atoms with E-state index in [0.717, 1.165) is 0 Å². The maximum absolute atomic E-state index is 11.5. The van der Waals surface area contributed by atoms with E-state index in [0.29, 0.717) is 12.3 Å². The molecule has 1 fully saturated rings. The first-order valence-corrected chi connectivity index (χ1v) is 7.36. The van der Waals surface area contributed by atoms with Crippen molar-refractivity contribution in [2.75, 3.05) is 7.05 Å². The number of hydrogen-bond acceptors (Lipinski definition) is 5. The molecule has 0 aromatic carbocycles. The monoisotopic (exact) mass is 262 g/mol. The number of carbonyl (C=O) groups excluding carboxylic acids is 2. The first kappa shape index (κ1) is 13.9. The van der Waals surface area contributed by atoms with E-state index in [1.165, 1.54) is 21.6 Å². The Bertz CT molecular complexity index is 303. The number of ketones is 1. The van der Waals surface area contributed by atoms with Gasteiger partial charge in [-0.3, -0.25) is 14.5 Å². The lowest BCUT2D eigenvalue weighted by Gasteiger charge is -2.30. The van der Waals surface area contributed by atoms with Crippen molar-refractivity contribution in [3.8, 4) is 0 Å². The SMILES string of the molecule is CC(=O)C1(N(C)[C@@H](CC(C)C)C(N)=O)SS1. The number of amides is 1. The van der Waals surface area contributed by atoms with Gasteiger partial charge in [0.05, 0.1) is 6.04 Å². The van der Waals surface area contributed by atoms with E-state index in [1.54, 1.807) is 14.0 Å². The average molecular weight is 262 g/mol. The normalized spacial score (nSPS) is 19.9. The van der Waals surface area contributed by atoms with Crippen LogP contribution in [0.3, 0.4) is 0 Å². The molecule has 92 valence electrons. The molecule has 0 unspecified atom stereocenters. The number of Topliss-reactive ketones (excluding diaryl/α,β-unsaturated/α-hetero) is 1. The van der Waals surface area contributed by atoms with Gasteiger partial charge in [0.25, 0.3) is 0 Å². The zero-order valence-corrected chi connectivity index (χ0v) is 11.7. The third-order valence-corrected chi connectivity index (χ3v) is 5.72. The minimum absolute atomic E-state index is 0.0695. The van der Waals surface area contributed by atoms with Crippen molar-refractivity contribution >= 4 is 33.3 Å². The fourth-order valence-corrected chi connectivity index (χ4v) is 4.09. The summed E-state index contributed by atoms with van der Waals surface area (Å²) in [4.78, 5) is 24.8. The lowest BCUT2D eigenvalue weighted by molar-refractivity contribution is -0.126. The van der Waals surface area contributed by atoms with Gasteiger partial charge in [-0.15, -0.1) is 0 Å². The molecule has 1 aliphatic heterocycles. The highest BCUT2D eigenvalue weighted by molar-refractivity contribution is 8.94. The largest absolute Gasteiger partial charge is 0.368 e. The first-order chi connectivity index (χ1) is 7.31. The van der Waals surface area contributed by atoms with Crippen LogP contribution >= 0.6 is 21.6 Å². The van der Waals surface area contributed by atoms with Gasteiger partial charge in [-0.25, -0.2) is 0 Å². The van der Waals surface area contributed by atoms with Crippen molar-refractivity contribution in [2.45, 2.75) is 37.4 Å². The summed E-state index contributed by atoms with van der Waals surface area (Å²) in [7, 11) is 4.78. The summed E-state index contributed by atoms with van der Waals surface area (Å²) in [6, 6.07) is -0.369. The quantitative estimate of drug-likeness (QED) is 0.580. The topological polar surface area (TPSA) is 63.4 Å². The van der Waals surface area contributed by atoms with Crippen LogP contribution in [0.15, 0.2) is 0 Å². The van der Waals surface area contributed by atoms with Crippen LogP contribution in [0.2, 0.25) is 0 Å². The van der Waals surface area contributed by atoms with E-state index in [2.05, 4.69) is 0 Å². The molecule has 0 bridgehead atoms. The summed E-state index contributed by atoms with van der Waals surface area (Å²) in [6.45, 7) is 5.63. The van der Waals surface area contributed by atoms with Gasteiger partial charge in [0.2, 0.25) is 5.91 Å². The summed E-state index contributed by atoms with van der Waals surface area (Å²) < 4.78 is -0.575. The van der Waals surface area contributed by atoms with Crippen LogP contribution in [0.5, 0.6) is 0 Å². The van der Waals surface area contributed by atoms with Crippen LogP contribution in [0.1, 0.15) is 27.2 Å². The molecule has 0 aromatic heterocycles. The second kappa shape index (κ2) is 4.98. The Hall–Kier alpha value is -0.200. The van der Waals surface area contributed by atoms with Crippen molar-refractivity contribution < 1.29 is 9.59 Å². The number of nitrogens with zero attached hydrogens (tertiary/aromatic N) is 1. The van der Waals surface area contributed by atoms with Gasteiger partial charge in [0.1, 0.15) is 0 Å². The van der Waals surface area contributed by atoms with Crippen LogP contribution in [0.4, 0.5) is 0 Å². The number of primary amides is 1. The van der Waals surface area contributed by atoms with Gasteiger partial charge in [0, 0.05) is 0 Å². The summed E-state index contributed by atoms with van der Waals surface area (Å²) in [5.74, 6) is 0.0858. The van der Waals surface area contributed by atoms with Gasteiger partial charge in [-0.2, -0.15) is 0 Å². The van der Waals surface area contributed by atoms with Crippen molar-refractivity contribution in [3.63, 3.8) is 0 Å². The predicted molar refractivity (Wildman–Crippen MR) is 68.8 cm³/mol. The Morgan fingerprint density at radius 2 is 1.88 bits per heavy atom. The average Bonchev–Trinajstić information content (AvgIpc) is 2.92.